The van der Waals surface area contributed by atoms with E-state index >= 15 is 0 Å². The number of nitrogens with zero attached hydrogens (tertiary/aromatic N) is 2. The first-order chi connectivity index (χ1) is 15.2. The average Bonchev–Trinajstić information content (AvgIpc) is 2.80. The molecule has 31 heavy (non-hydrogen) atoms. The minimum atomic E-state index is -0.441. The van der Waals surface area contributed by atoms with E-state index in [0.717, 1.165) is 22.4 Å². The van der Waals surface area contributed by atoms with Crippen LogP contribution < -0.4 is 5.32 Å². The third-order valence-electron chi connectivity index (χ3n) is 4.84. The number of ether oxygens (including phenoxy) is 1. The van der Waals surface area contributed by atoms with Gasteiger partial charge in [-0.3, -0.25) is 0 Å². The van der Waals surface area contributed by atoms with Crippen molar-refractivity contribution in [2.24, 2.45) is 0 Å². The van der Waals surface area contributed by atoms with Crippen molar-refractivity contribution in [2.75, 3.05) is 11.9 Å². The van der Waals surface area contributed by atoms with Crippen LogP contribution in [0.15, 0.2) is 84.9 Å². The highest BCUT2D eigenvalue weighted by molar-refractivity contribution is 6.05. The standard InChI is InChI=1S/C26H23N3O2/c1-3-31-26(30)23-22(19-12-6-4-7-13-19)24(20-14-8-5-9-15-20)28-29-25(23)27-21-16-10-11-18(2)17-21/h4-17H,3H2,1-2H3,(H,27,29). The molecule has 0 bridgehead atoms. The lowest BCUT2D eigenvalue weighted by Crippen LogP contribution is -2.13. The molecule has 4 rings (SSSR count). The van der Waals surface area contributed by atoms with Crippen LogP contribution in [0, 0.1) is 6.92 Å². The molecule has 0 aliphatic carbocycles. The van der Waals surface area contributed by atoms with Crippen molar-refractivity contribution in [2.45, 2.75) is 13.8 Å². The topological polar surface area (TPSA) is 64.1 Å². The molecule has 1 N–H and O–H groups in total. The van der Waals surface area contributed by atoms with E-state index in [1.165, 1.54) is 0 Å². The molecule has 0 radical (unpaired) electrons. The largest absolute Gasteiger partial charge is 0.462 e. The average molecular weight is 409 g/mol. The number of rotatable bonds is 6. The molecule has 0 spiro atoms. The van der Waals surface area contributed by atoms with Gasteiger partial charge in [-0.15, -0.1) is 10.2 Å². The molecule has 0 aliphatic heterocycles. The molecular formula is C26H23N3O2. The van der Waals surface area contributed by atoms with Gasteiger partial charge >= 0.3 is 5.97 Å². The molecule has 4 aromatic rings. The molecule has 5 nitrogen and oxygen atoms in total. The third-order valence-corrected chi connectivity index (χ3v) is 4.84. The second-order valence-corrected chi connectivity index (χ2v) is 7.09. The maximum absolute atomic E-state index is 13.2. The highest BCUT2D eigenvalue weighted by atomic mass is 16.5. The predicted octanol–water partition coefficient (Wildman–Crippen LogP) is 6.04. The Morgan fingerprint density at radius 2 is 1.55 bits per heavy atom. The van der Waals surface area contributed by atoms with Crippen molar-refractivity contribution in [3.8, 4) is 22.4 Å². The molecule has 154 valence electrons. The molecule has 5 heteroatoms. The number of hydrogen-bond acceptors (Lipinski definition) is 5. The minimum absolute atomic E-state index is 0.264. The smallest absolute Gasteiger partial charge is 0.342 e. The van der Waals surface area contributed by atoms with Gasteiger partial charge in [0.05, 0.1) is 6.61 Å². The van der Waals surface area contributed by atoms with Crippen LogP contribution in [0.25, 0.3) is 22.4 Å². The van der Waals surface area contributed by atoms with Crippen LogP contribution in [0.3, 0.4) is 0 Å². The Morgan fingerprint density at radius 3 is 2.19 bits per heavy atom. The van der Waals surface area contributed by atoms with Gasteiger partial charge in [0.15, 0.2) is 5.82 Å². The first kappa shape index (κ1) is 20.3. The lowest BCUT2D eigenvalue weighted by molar-refractivity contribution is 0.0528. The molecule has 0 saturated heterocycles. The normalized spacial score (nSPS) is 10.5. The number of carbonyl (C=O) groups excluding carboxylic acids is 1. The Labute approximate surface area is 181 Å². The lowest BCUT2D eigenvalue weighted by atomic mass is 9.95. The summed E-state index contributed by atoms with van der Waals surface area (Å²) in [6.45, 7) is 4.07. The lowest BCUT2D eigenvalue weighted by Gasteiger charge is -2.17. The summed E-state index contributed by atoms with van der Waals surface area (Å²) in [6, 6.07) is 27.4. The van der Waals surface area contributed by atoms with Crippen LogP contribution in [-0.2, 0) is 4.74 Å². The van der Waals surface area contributed by atoms with Crippen molar-refractivity contribution in [3.63, 3.8) is 0 Å². The first-order valence-corrected chi connectivity index (χ1v) is 10.2. The molecule has 1 heterocycles. The highest BCUT2D eigenvalue weighted by Gasteiger charge is 2.25. The quantitative estimate of drug-likeness (QED) is 0.393. The van der Waals surface area contributed by atoms with Gasteiger partial charge in [-0.05, 0) is 37.1 Å². The van der Waals surface area contributed by atoms with Crippen molar-refractivity contribution in [1.29, 1.82) is 0 Å². The number of anilines is 2. The maximum Gasteiger partial charge on any atom is 0.342 e. The van der Waals surface area contributed by atoms with Gasteiger partial charge in [-0.1, -0.05) is 72.8 Å². The highest BCUT2D eigenvalue weighted by Crippen LogP contribution is 2.37. The van der Waals surface area contributed by atoms with E-state index < -0.39 is 5.97 Å². The maximum atomic E-state index is 13.2. The number of esters is 1. The number of hydrogen-bond donors (Lipinski definition) is 1. The fraction of sp³-hybridized carbons (Fsp3) is 0.115. The zero-order chi connectivity index (χ0) is 21.6. The SMILES string of the molecule is CCOC(=O)c1c(Nc2cccc(C)c2)nnc(-c2ccccc2)c1-c1ccccc1. The summed E-state index contributed by atoms with van der Waals surface area (Å²) < 4.78 is 5.44. The van der Waals surface area contributed by atoms with Crippen molar-refractivity contribution >= 4 is 17.5 Å². The van der Waals surface area contributed by atoms with Gasteiger partial charge in [0.2, 0.25) is 0 Å². The van der Waals surface area contributed by atoms with Crippen LogP contribution in [0.5, 0.6) is 0 Å². The van der Waals surface area contributed by atoms with Gasteiger partial charge in [0.1, 0.15) is 11.3 Å². The molecule has 0 atom stereocenters. The van der Waals surface area contributed by atoms with Crippen LogP contribution in [-0.4, -0.2) is 22.8 Å². The summed E-state index contributed by atoms with van der Waals surface area (Å²) in [5, 5.41) is 12.2. The molecule has 3 aromatic carbocycles. The zero-order valence-electron chi connectivity index (χ0n) is 17.5. The van der Waals surface area contributed by atoms with Crippen molar-refractivity contribution in [3.05, 3.63) is 96.1 Å². The number of nitrogens with one attached hydrogen (secondary N) is 1. The number of benzene rings is 3. The van der Waals surface area contributed by atoms with E-state index in [2.05, 4.69) is 15.5 Å². The van der Waals surface area contributed by atoms with E-state index in [-0.39, 0.29) is 6.61 Å². The molecule has 0 amide bonds. The fourth-order valence-electron chi connectivity index (χ4n) is 3.47. The van der Waals surface area contributed by atoms with Gasteiger partial charge in [-0.2, -0.15) is 0 Å². The molecule has 0 unspecified atom stereocenters. The Bertz CT molecular complexity index is 1190. The Hall–Kier alpha value is -3.99. The summed E-state index contributed by atoms with van der Waals surface area (Å²) in [6.07, 6.45) is 0. The van der Waals surface area contributed by atoms with Crippen LogP contribution >= 0.6 is 0 Å². The first-order valence-electron chi connectivity index (χ1n) is 10.2. The van der Waals surface area contributed by atoms with E-state index in [4.69, 9.17) is 4.74 Å². The Kier molecular flexibility index (Phi) is 6.03. The Balaban J connectivity index is 1.97. The molecular weight excluding hydrogens is 386 g/mol. The monoisotopic (exact) mass is 409 g/mol. The summed E-state index contributed by atoms with van der Waals surface area (Å²) in [5.74, 6) is -0.0776. The number of aromatic nitrogens is 2. The van der Waals surface area contributed by atoms with Gasteiger partial charge < -0.3 is 10.1 Å². The van der Waals surface area contributed by atoms with E-state index in [1.54, 1.807) is 6.92 Å². The minimum Gasteiger partial charge on any atom is -0.462 e. The zero-order valence-corrected chi connectivity index (χ0v) is 17.5. The number of carbonyl (C=O) groups is 1. The van der Waals surface area contributed by atoms with Crippen LogP contribution in [0.4, 0.5) is 11.5 Å². The van der Waals surface area contributed by atoms with Gasteiger partial charge in [-0.25, -0.2) is 4.79 Å². The number of aryl methyl sites for hydroxylation is 1. The van der Waals surface area contributed by atoms with Crippen LogP contribution in [0.2, 0.25) is 0 Å². The predicted molar refractivity (Wildman–Crippen MR) is 123 cm³/mol. The fourth-order valence-corrected chi connectivity index (χ4v) is 3.47. The second kappa shape index (κ2) is 9.22. The summed E-state index contributed by atoms with van der Waals surface area (Å²) in [4.78, 5) is 13.2. The Morgan fingerprint density at radius 1 is 0.871 bits per heavy atom. The van der Waals surface area contributed by atoms with E-state index in [1.807, 2.05) is 91.9 Å². The summed E-state index contributed by atoms with van der Waals surface area (Å²) in [7, 11) is 0. The van der Waals surface area contributed by atoms with E-state index in [0.29, 0.717) is 22.6 Å². The van der Waals surface area contributed by atoms with Crippen LogP contribution in [0.1, 0.15) is 22.8 Å². The van der Waals surface area contributed by atoms with Crippen molar-refractivity contribution in [1.82, 2.24) is 10.2 Å². The summed E-state index contributed by atoms with van der Waals surface area (Å²) in [5.41, 5.74) is 5.35. The molecule has 0 saturated carbocycles. The van der Waals surface area contributed by atoms with Gasteiger partial charge in [0.25, 0.3) is 0 Å². The van der Waals surface area contributed by atoms with E-state index in [9.17, 15) is 4.79 Å². The van der Waals surface area contributed by atoms with Gasteiger partial charge in [0, 0.05) is 16.8 Å². The third kappa shape index (κ3) is 4.46. The molecule has 0 fully saturated rings. The second-order valence-electron chi connectivity index (χ2n) is 7.09. The molecule has 0 aliphatic rings. The summed E-state index contributed by atoms with van der Waals surface area (Å²) >= 11 is 0. The van der Waals surface area contributed by atoms with Crippen molar-refractivity contribution < 1.29 is 9.53 Å². The molecule has 1 aromatic heterocycles.